The highest BCUT2D eigenvalue weighted by atomic mass is 32.2. The summed E-state index contributed by atoms with van der Waals surface area (Å²) >= 11 is 0. The first-order chi connectivity index (χ1) is 10.8. The van der Waals surface area contributed by atoms with E-state index in [0.717, 1.165) is 5.56 Å². The quantitative estimate of drug-likeness (QED) is 0.914. The summed E-state index contributed by atoms with van der Waals surface area (Å²) in [4.78, 5) is 11.2. The Morgan fingerprint density at radius 2 is 1.78 bits per heavy atom. The molecule has 2 aromatic carbocycles. The third kappa shape index (κ3) is 3.90. The lowest BCUT2D eigenvalue weighted by Crippen LogP contribution is -2.30. The molecule has 2 aromatic rings. The van der Waals surface area contributed by atoms with Gasteiger partial charge < -0.3 is 5.32 Å². The second-order valence-electron chi connectivity index (χ2n) is 5.21. The maximum atomic E-state index is 12.8. The molecule has 122 valence electrons. The number of amides is 1. The van der Waals surface area contributed by atoms with E-state index in [2.05, 4.69) is 5.32 Å². The van der Waals surface area contributed by atoms with Crippen molar-refractivity contribution in [3.8, 4) is 0 Å². The molecular weight excluding hydrogens is 312 g/mol. The molecule has 0 bridgehead atoms. The van der Waals surface area contributed by atoms with E-state index in [9.17, 15) is 13.2 Å². The molecule has 2 rings (SSSR count). The van der Waals surface area contributed by atoms with Gasteiger partial charge in [-0.1, -0.05) is 12.1 Å². The zero-order chi connectivity index (χ0) is 17.0. The van der Waals surface area contributed by atoms with Crippen LogP contribution in [0.3, 0.4) is 0 Å². The summed E-state index contributed by atoms with van der Waals surface area (Å²) < 4.78 is 27.1. The van der Waals surface area contributed by atoms with Gasteiger partial charge in [0.15, 0.2) is 0 Å². The fraction of sp³-hybridized carbons (Fsp3) is 0.235. The highest BCUT2D eigenvalue weighted by molar-refractivity contribution is 7.92. The third-order valence-corrected chi connectivity index (χ3v) is 5.26. The Kier molecular flexibility index (Phi) is 5.05. The van der Waals surface area contributed by atoms with Crippen LogP contribution in [0.4, 0.5) is 11.4 Å². The molecule has 1 amide bonds. The smallest absolute Gasteiger partial charge is 0.264 e. The number of rotatable bonds is 5. The van der Waals surface area contributed by atoms with Crippen LogP contribution in [0, 0.1) is 6.92 Å². The molecule has 0 heterocycles. The Balaban J connectivity index is 2.37. The summed E-state index contributed by atoms with van der Waals surface area (Å²) in [7, 11) is -3.65. The molecule has 0 spiro atoms. The second kappa shape index (κ2) is 6.83. The van der Waals surface area contributed by atoms with Crippen molar-refractivity contribution in [2.24, 2.45) is 0 Å². The van der Waals surface area contributed by atoms with Crippen molar-refractivity contribution < 1.29 is 13.2 Å². The normalized spacial score (nSPS) is 11.1. The number of nitrogens with one attached hydrogen (secondary N) is 1. The van der Waals surface area contributed by atoms with Gasteiger partial charge in [0.25, 0.3) is 10.0 Å². The van der Waals surface area contributed by atoms with Crippen LogP contribution in [0.15, 0.2) is 53.4 Å². The van der Waals surface area contributed by atoms with Crippen LogP contribution in [0.2, 0.25) is 0 Å². The Labute approximate surface area is 137 Å². The van der Waals surface area contributed by atoms with Crippen molar-refractivity contribution in [2.45, 2.75) is 25.7 Å². The summed E-state index contributed by atoms with van der Waals surface area (Å²) in [6.07, 6.45) is 0. The zero-order valence-corrected chi connectivity index (χ0v) is 14.2. The van der Waals surface area contributed by atoms with Gasteiger partial charge in [0.2, 0.25) is 5.91 Å². The van der Waals surface area contributed by atoms with Crippen molar-refractivity contribution in [1.82, 2.24) is 0 Å². The number of nitrogens with zero attached hydrogens (tertiary/aromatic N) is 1. The average Bonchev–Trinajstić information content (AvgIpc) is 2.47. The molecule has 0 fully saturated rings. The number of sulfonamides is 1. The molecule has 1 N–H and O–H groups in total. The van der Waals surface area contributed by atoms with Crippen LogP contribution >= 0.6 is 0 Å². The van der Waals surface area contributed by atoms with Crippen molar-refractivity contribution in [3.63, 3.8) is 0 Å². The Hall–Kier alpha value is -2.34. The van der Waals surface area contributed by atoms with Gasteiger partial charge in [-0.25, -0.2) is 8.42 Å². The van der Waals surface area contributed by atoms with E-state index >= 15 is 0 Å². The summed E-state index contributed by atoms with van der Waals surface area (Å²) in [6.45, 7) is 5.46. The molecule has 6 heteroatoms. The predicted molar refractivity (Wildman–Crippen MR) is 92.1 cm³/mol. The van der Waals surface area contributed by atoms with Gasteiger partial charge in [0.1, 0.15) is 0 Å². The fourth-order valence-electron chi connectivity index (χ4n) is 2.32. The Bertz CT molecular complexity index is 799. The Morgan fingerprint density at radius 1 is 1.13 bits per heavy atom. The molecule has 0 unspecified atom stereocenters. The van der Waals surface area contributed by atoms with Crippen LogP contribution in [-0.4, -0.2) is 20.9 Å². The van der Waals surface area contributed by atoms with E-state index in [0.29, 0.717) is 17.9 Å². The minimum absolute atomic E-state index is 0.190. The maximum absolute atomic E-state index is 12.8. The zero-order valence-electron chi connectivity index (χ0n) is 13.4. The molecule has 0 aliphatic carbocycles. The van der Waals surface area contributed by atoms with Crippen LogP contribution in [0.1, 0.15) is 19.4 Å². The van der Waals surface area contributed by atoms with Gasteiger partial charge in [-0.05, 0) is 55.8 Å². The molecule has 0 atom stereocenters. The highest BCUT2D eigenvalue weighted by Crippen LogP contribution is 2.25. The van der Waals surface area contributed by atoms with Crippen LogP contribution in [0.5, 0.6) is 0 Å². The molecular formula is C17H20N2O3S. The summed E-state index contributed by atoms with van der Waals surface area (Å²) in [5, 5.41) is 2.62. The van der Waals surface area contributed by atoms with E-state index in [4.69, 9.17) is 0 Å². The molecule has 0 saturated carbocycles. The highest BCUT2D eigenvalue weighted by Gasteiger charge is 2.23. The third-order valence-electron chi connectivity index (χ3n) is 3.34. The van der Waals surface area contributed by atoms with Gasteiger partial charge in [-0.3, -0.25) is 9.10 Å². The molecule has 23 heavy (non-hydrogen) atoms. The lowest BCUT2D eigenvalue weighted by Gasteiger charge is -2.23. The molecule has 0 aliphatic heterocycles. The van der Waals surface area contributed by atoms with E-state index in [-0.39, 0.29) is 10.8 Å². The first-order valence-electron chi connectivity index (χ1n) is 7.31. The van der Waals surface area contributed by atoms with E-state index in [1.807, 2.05) is 25.1 Å². The molecule has 0 radical (unpaired) electrons. The number of hydrogen-bond donors (Lipinski definition) is 1. The Morgan fingerprint density at radius 3 is 2.30 bits per heavy atom. The maximum Gasteiger partial charge on any atom is 0.264 e. The predicted octanol–water partition coefficient (Wildman–Crippen LogP) is 3.17. The largest absolute Gasteiger partial charge is 0.326 e. The van der Waals surface area contributed by atoms with Gasteiger partial charge in [-0.15, -0.1) is 0 Å². The molecule has 0 saturated heterocycles. The molecule has 0 aromatic heterocycles. The number of carbonyl (C=O) groups is 1. The number of hydrogen-bond acceptors (Lipinski definition) is 3. The lowest BCUT2D eigenvalue weighted by molar-refractivity contribution is -0.114. The van der Waals surface area contributed by atoms with Crippen molar-refractivity contribution in [1.29, 1.82) is 0 Å². The lowest BCUT2D eigenvalue weighted by atomic mass is 10.2. The van der Waals surface area contributed by atoms with Crippen LogP contribution in [0.25, 0.3) is 0 Å². The van der Waals surface area contributed by atoms with Gasteiger partial charge >= 0.3 is 0 Å². The van der Waals surface area contributed by atoms with Crippen LogP contribution < -0.4 is 9.62 Å². The number of benzene rings is 2. The fourth-order valence-corrected chi connectivity index (χ4v) is 3.78. The molecule has 0 aliphatic rings. The number of aryl methyl sites for hydroxylation is 1. The van der Waals surface area contributed by atoms with Gasteiger partial charge in [0.05, 0.1) is 10.6 Å². The number of carbonyl (C=O) groups excluding carboxylic acids is 1. The minimum atomic E-state index is -3.65. The van der Waals surface area contributed by atoms with E-state index in [1.165, 1.54) is 23.4 Å². The topological polar surface area (TPSA) is 66.5 Å². The number of anilines is 2. The first-order valence-corrected chi connectivity index (χ1v) is 8.75. The van der Waals surface area contributed by atoms with Crippen molar-refractivity contribution in [3.05, 3.63) is 54.1 Å². The first kappa shape index (κ1) is 17.0. The van der Waals surface area contributed by atoms with E-state index < -0.39 is 10.0 Å². The monoisotopic (exact) mass is 332 g/mol. The summed E-state index contributed by atoms with van der Waals surface area (Å²) in [5.74, 6) is -0.199. The summed E-state index contributed by atoms with van der Waals surface area (Å²) in [5.41, 5.74) is 2.20. The van der Waals surface area contributed by atoms with Gasteiger partial charge in [0, 0.05) is 19.2 Å². The molecule has 5 nitrogen and oxygen atoms in total. The summed E-state index contributed by atoms with van der Waals surface area (Å²) in [6, 6.07) is 13.5. The minimum Gasteiger partial charge on any atom is -0.326 e. The second-order valence-corrected chi connectivity index (χ2v) is 7.08. The van der Waals surface area contributed by atoms with Crippen molar-refractivity contribution >= 4 is 27.3 Å². The average molecular weight is 332 g/mol. The standard InChI is InChI=1S/C17H20N2O3S/c1-4-19(16-7-5-6-13(2)12-16)23(21,22)17-10-8-15(9-11-17)18-14(3)20/h5-12H,4H2,1-3H3,(H,18,20). The van der Waals surface area contributed by atoms with Crippen LogP contribution in [-0.2, 0) is 14.8 Å². The van der Waals surface area contributed by atoms with E-state index in [1.54, 1.807) is 25.1 Å². The van der Waals surface area contributed by atoms with Gasteiger partial charge in [-0.2, -0.15) is 0 Å². The SMILES string of the molecule is CCN(c1cccc(C)c1)S(=O)(=O)c1ccc(NC(C)=O)cc1. The van der Waals surface area contributed by atoms with Crippen molar-refractivity contribution in [2.75, 3.05) is 16.2 Å².